The van der Waals surface area contributed by atoms with Crippen molar-refractivity contribution in [1.29, 1.82) is 0 Å². The highest BCUT2D eigenvalue weighted by atomic mass is 16.5. The summed E-state index contributed by atoms with van der Waals surface area (Å²) in [7, 11) is 3.38. The fourth-order valence-electron chi connectivity index (χ4n) is 2.82. The molecule has 1 heterocycles. The van der Waals surface area contributed by atoms with Crippen LogP contribution in [-0.2, 0) is 29.2 Å². The maximum Gasteiger partial charge on any atom is 0.307 e. The number of hydrogen-bond donors (Lipinski definition) is 1. The van der Waals surface area contributed by atoms with E-state index in [2.05, 4.69) is 5.10 Å². The molecule has 1 N–H and O–H groups in total. The van der Waals surface area contributed by atoms with Gasteiger partial charge in [0.25, 0.3) is 0 Å². The molecule has 0 aliphatic heterocycles. The third-order valence-electron chi connectivity index (χ3n) is 4.38. The third-order valence-corrected chi connectivity index (χ3v) is 4.38. The quantitative estimate of drug-likeness (QED) is 0.636. The van der Waals surface area contributed by atoms with Crippen LogP contribution >= 0.6 is 0 Å². The highest BCUT2D eigenvalue weighted by molar-refractivity contribution is 5.76. The van der Waals surface area contributed by atoms with Crippen LogP contribution in [0.15, 0.2) is 60.9 Å². The fourth-order valence-corrected chi connectivity index (χ4v) is 2.82. The Balaban J connectivity index is 1.88. The van der Waals surface area contributed by atoms with Crippen molar-refractivity contribution in [3.8, 4) is 16.9 Å². The molecule has 0 spiro atoms. The van der Waals surface area contributed by atoms with Gasteiger partial charge >= 0.3 is 5.97 Å². The van der Waals surface area contributed by atoms with Crippen molar-refractivity contribution >= 4 is 11.9 Å². The molecule has 0 aliphatic carbocycles. The Labute approximate surface area is 169 Å². The van der Waals surface area contributed by atoms with Crippen molar-refractivity contribution in [3.63, 3.8) is 0 Å². The maximum absolute atomic E-state index is 11.9. The number of carbonyl (C=O) groups excluding carboxylic acids is 1. The number of amides is 1. The van der Waals surface area contributed by atoms with Crippen LogP contribution in [0.25, 0.3) is 11.1 Å². The van der Waals surface area contributed by atoms with Crippen LogP contribution in [-0.4, -0.2) is 45.8 Å². The Morgan fingerprint density at radius 3 is 2.55 bits per heavy atom. The molecule has 29 heavy (non-hydrogen) atoms. The molecule has 0 aliphatic rings. The number of nitrogens with zero attached hydrogens (tertiary/aromatic N) is 3. The van der Waals surface area contributed by atoms with Gasteiger partial charge in [0.1, 0.15) is 18.9 Å². The minimum atomic E-state index is -0.902. The highest BCUT2D eigenvalue weighted by Gasteiger charge is 2.13. The van der Waals surface area contributed by atoms with E-state index in [0.29, 0.717) is 17.9 Å². The number of benzene rings is 2. The van der Waals surface area contributed by atoms with Crippen LogP contribution in [0.4, 0.5) is 0 Å². The Hall–Kier alpha value is -3.61. The van der Waals surface area contributed by atoms with Crippen LogP contribution in [0.1, 0.15) is 11.1 Å². The number of aromatic nitrogens is 2. The van der Waals surface area contributed by atoms with Crippen molar-refractivity contribution in [2.75, 3.05) is 14.1 Å². The molecular formula is C22H23N3O4. The molecule has 3 rings (SSSR count). The van der Waals surface area contributed by atoms with E-state index in [4.69, 9.17) is 9.84 Å². The predicted octanol–water partition coefficient (Wildman–Crippen LogP) is 2.84. The monoisotopic (exact) mass is 393 g/mol. The normalized spacial score (nSPS) is 10.6. The van der Waals surface area contributed by atoms with Crippen molar-refractivity contribution in [1.82, 2.24) is 14.7 Å². The lowest BCUT2D eigenvalue weighted by Gasteiger charge is -2.12. The van der Waals surface area contributed by atoms with E-state index >= 15 is 0 Å². The van der Waals surface area contributed by atoms with Gasteiger partial charge in [-0.2, -0.15) is 5.10 Å². The van der Waals surface area contributed by atoms with E-state index in [1.807, 2.05) is 30.3 Å². The van der Waals surface area contributed by atoms with Gasteiger partial charge in [0, 0.05) is 31.4 Å². The van der Waals surface area contributed by atoms with Gasteiger partial charge in [0.2, 0.25) is 5.91 Å². The van der Waals surface area contributed by atoms with E-state index in [1.54, 1.807) is 49.4 Å². The average Bonchev–Trinajstić information content (AvgIpc) is 3.15. The van der Waals surface area contributed by atoms with E-state index in [0.717, 1.165) is 16.7 Å². The minimum absolute atomic E-state index is 0.0696. The maximum atomic E-state index is 11.9. The fraction of sp³-hybridized carbons (Fsp3) is 0.227. The summed E-state index contributed by atoms with van der Waals surface area (Å²) in [6.45, 7) is 0.515. The molecule has 0 fully saturated rings. The smallest absolute Gasteiger partial charge is 0.307 e. The van der Waals surface area contributed by atoms with E-state index in [9.17, 15) is 9.59 Å². The average molecular weight is 393 g/mol. The molecule has 0 bridgehead atoms. The molecule has 150 valence electrons. The first kappa shape index (κ1) is 20.1. The van der Waals surface area contributed by atoms with E-state index < -0.39 is 5.97 Å². The number of carboxylic acids is 1. The summed E-state index contributed by atoms with van der Waals surface area (Å²) in [5.74, 6) is -0.345. The number of likely N-dealkylation sites (N-methyl/N-ethyl adjacent to an activating group) is 1. The van der Waals surface area contributed by atoms with Gasteiger partial charge in [-0.3, -0.25) is 14.3 Å². The van der Waals surface area contributed by atoms with Gasteiger partial charge in [-0.1, -0.05) is 36.4 Å². The molecule has 1 amide bonds. The van der Waals surface area contributed by atoms with Crippen LogP contribution in [0.5, 0.6) is 5.75 Å². The van der Waals surface area contributed by atoms with Crippen molar-refractivity contribution in [2.45, 2.75) is 19.6 Å². The summed E-state index contributed by atoms with van der Waals surface area (Å²) in [4.78, 5) is 24.5. The van der Waals surface area contributed by atoms with Gasteiger partial charge in [0.05, 0.1) is 12.6 Å². The SMILES string of the molecule is CN(C)C(=O)Cn1cc(-c2cc(CC(=O)O)ccc2OCc2ccccc2)cn1. The molecular weight excluding hydrogens is 370 g/mol. The summed E-state index contributed by atoms with van der Waals surface area (Å²) in [5, 5.41) is 13.4. The van der Waals surface area contributed by atoms with Gasteiger partial charge in [0.15, 0.2) is 0 Å². The lowest BCUT2D eigenvalue weighted by Crippen LogP contribution is -2.26. The van der Waals surface area contributed by atoms with Crippen molar-refractivity contribution in [2.24, 2.45) is 0 Å². The lowest BCUT2D eigenvalue weighted by molar-refractivity contribution is -0.136. The number of rotatable bonds is 8. The summed E-state index contributed by atoms with van der Waals surface area (Å²) in [5.41, 5.74) is 3.19. The number of hydrogen-bond acceptors (Lipinski definition) is 4. The predicted molar refractivity (Wildman–Crippen MR) is 108 cm³/mol. The number of aliphatic carboxylic acids is 1. The zero-order valence-electron chi connectivity index (χ0n) is 16.4. The number of ether oxygens (including phenoxy) is 1. The van der Waals surface area contributed by atoms with Crippen LogP contribution < -0.4 is 4.74 Å². The highest BCUT2D eigenvalue weighted by Crippen LogP contribution is 2.32. The molecule has 7 nitrogen and oxygen atoms in total. The van der Waals surface area contributed by atoms with Crippen LogP contribution in [0, 0.1) is 0 Å². The lowest BCUT2D eigenvalue weighted by atomic mass is 10.0. The number of carboxylic acid groups (broad SMARTS) is 1. The zero-order valence-corrected chi connectivity index (χ0v) is 16.4. The van der Waals surface area contributed by atoms with Crippen molar-refractivity contribution in [3.05, 3.63) is 72.1 Å². The van der Waals surface area contributed by atoms with Gasteiger partial charge in [-0.15, -0.1) is 0 Å². The molecule has 0 atom stereocenters. The largest absolute Gasteiger partial charge is 0.488 e. The molecule has 0 saturated heterocycles. The zero-order chi connectivity index (χ0) is 20.8. The van der Waals surface area contributed by atoms with Crippen molar-refractivity contribution < 1.29 is 19.4 Å². The topological polar surface area (TPSA) is 84.7 Å². The molecule has 0 unspecified atom stereocenters. The Bertz CT molecular complexity index is 996. The summed E-state index contributed by atoms with van der Waals surface area (Å²) >= 11 is 0. The second kappa shape index (κ2) is 9.05. The first-order valence-corrected chi connectivity index (χ1v) is 9.17. The first-order chi connectivity index (χ1) is 13.9. The molecule has 7 heteroatoms. The molecule has 0 radical (unpaired) electrons. The molecule has 1 aromatic heterocycles. The second-order valence-corrected chi connectivity index (χ2v) is 6.89. The van der Waals surface area contributed by atoms with E-state index in [-0.39, 0.29) is 18.9 Å². The minimum Gasteiger partial charge on any atom is -0.488 e. The Morgan fingerprint density at radius 1 is 1.10 bits per heavy atom. The summed E-state index contributed by atoms with van der Waals surface area (Å²) < 4.78 is 7.56. The summed E-state index contributed by atoms with van der Waals surface area (Å²) in [6, 6.07) is 15.1. The Morgan fingerprint density at radius 2 is 1.86 bits per heavy atom. The molecule has 0 saturated carbocycles. The number of carbonyl (C=O) groups is 2. The summed E-state index contributed by atoms with van der Waals surface area (Å²) in [6.07, 6.45) is 3.33. The van der Waals surface area contributed by atoms with E-state index in [1.165, 1.54) is 4.90 Å². The van der Waals surface area contributed by atoms with Gasteiger partial charge < -0.3 is 14.7 Å². The first-order valence-electron chi connectivity index (χ1n) is 9.17. The molecule has 2 aromatic carbocycles. The third kappa shape index (κ3) is 5.44. The van der Waals surface area contributed by atoms with Gasteiger partial charge in [-0.05, 0) is 23.3 Å². The van der Waals surface area contributed by atoms with Crippen LogP contribution in [0.2, 0.25) is 0 Å². The molecule has 3 aromatic rings. The Kier molecular flexibility index (Phi) is 6.29. The van der Waals surface area contributed by atoms with Crippen LogP contribution in [0.3, 0.4) is 0 Å². The second-order valence-electron chi connectivity index (χ2n) is 6.89. The standard InChI is InChI=1S/C22H23N3O4/c1-24(2)21(26)14-25-13-18(12-23-25)19-10-17(11-22(27)28)8-9-20(19)29-15-16-6-4-3-5-7-16/h3-10,12-13H,11,14-15H2,1-2H3,(H,27,28). The van der Waals surface area contributed by atoms with Gasteiger partial charge in [-0.25, -0.2) is 0 Å².